The third-order valence-electron chi connectivity index (χ3n) is 2.62. The molecule has 0 saturated carbocycles. The average Bonchev–Trinajstić information content (AvgIpc) is 2.45. The first-order chi connectivity index (χ1) is 10.0. The molecule has 114 valence electrons. The van der Waals surface area contributed by atoms with Gasteiger partial charge in [-0.3, -0.25) is 0 Å². The third kappa shape index (κ3) is 6.75. The van der Waals surface area contributed by atoms with Crippen LogP contribution in [0.5, 0.6) is 5.75 Å². The van der Waals surface area contributed by atoms with Gasteiger partial charge < -0.3 is 9.47 Å². The molecule has 1 aromatic rings. The van der Waals surface area contributed by atoms with Crippen molar-refractivity contribution in [3.8, 4) is 5.75 Å². The molecule has 0 atom stereocenters. The van der Waals surface area contributed by atoms with Crippen molar-refractivity contribution >= 4 is 11.9 Å². The predicted octanol–water partition coefficient (Wildman–Crippen LogP) is 3.30. The fourth-order valence-corrected chi connectivity index (χ4v) is 1.65. The highest BCUT2D eigenvalue weighted by atomic mass is 16.5. The molecule has 0 fully saturated rings. The minimum Gasteiger partial charge on any atom is -0.462 e. The van der Waals surface area contributed by atoms with Gasteiger partial charge in [0.25, 0.3) is 0 Å². The third-order valence-corrected chi connectivity index (χ3v) is 2.62. The number of aryl methyl sites for hydroxylation is 1. The highest BCUT2D eigenvalue weighted by Gasteiger charge is 2.07. The Morgan fingerprint density at radius 2 is 1.81 bits per heavy atom. The maximum absolute atomic E-state index is 11.7. The fourth-order valence-electron chi connectivity index (χ4n) is 1.65. The fraction of sp³-hybridized carbons (Fsp3) is 0.412. The molecule has 1 aromatic carbocycles. The molecule has 0 spiro atoms. The maximum atomic E-state index is 11.7. The van der Waals surface area contributed by atoms with Crippen LogP contribution in [0.3, 0.4) is 0 Å². The van der Waals surface area contributed by atoms with Gasteiger partial charge in [-0.2, -0.15) is 0 Å². The molecule has 0 radical (unpaired) electrons. The van der Waals surface area contributed by atoms with Crippen molar-refractivity contribution in [2.45, 2.75) is 33.6 Å². The molecule has 0 aromatic heterocycles. The van der Waals surface area contributed by atoms with Crippen LogP contribution in [-0.4, -0.2) is 18.5 Å². The van der Waals surface area contributed by atoms with Gasteiger partial charge in [-0.05, 0) is 24.0 Å². The Hall–Kier alpha value is -2.10. The lowest BCUT2D eigenvalue weighted by Gasteiger charge is -2.07. The number of ether oxygens (including phenoxy) is 2. The van der Waals surface area contributed by atoms with Crippen molar-refractivity contribution in [1.82, 2.24) is 0 Å². The number of carbonyl (C=O) groups is 2. The van der Waals surface area contributed by atoms with Crippen LogP contribution >= 0.6 is 0 Å². The van der Waals surface area contributed by atoms with E-state index in [-0.39, 0.29) is 5.92 Å². The van der Waals surface area contributed by atoms with Gasteiger partial charge in [-0.1, -0.05) is 45.4 Å². The van der Waals surface area contributed by atoms with E-state index in [1.807, 2.05) is 32.0 Å². The Bertz CT molecular complexity index is 503. The van der Waals surface area contributed by atoms with Gasteiger partial charge in [-0.15, -0.1) is 0 Å². The van der Waals surface area contributed by atoms with Crippen LogP contribution < -0.4 is 4.74 Å². The predicted molar refractivity (Wildman–Crippen MR) is 81.0 cm³/mol. The molecular formula is C17H22O4. The molecule has 0 N–H and O–H groups in total. The molecule has 0 bridgehead atoms. The van der Waals surface area contributed by atoms with Crippen LogP contribution in [0, 0.1) is 5.92 Å². The molecule has 4 nitrogen and oxygen atoms in total. The van der Waals surface area contributed by atoms with E-state index in [9.17, 15) is 9.59 Å². The van der Waals surface area contributed by atoms with Crippen LogP contribution in [0.15, 0.2) is 36.4 Å². The Kier molecular flexibility index (Phi) is 7.23. The maximum Gasteiger partial charge on any atom is 0.336 e. The van der Waals surface area contributed by atoms with Gasteiger partial charge >= 0.3 is 11.9 Å². The zero-order valence-corrected chi connectivity index (χ0v) is 12.8. The number of esters is 2. The molecule has 4 heteroatoms. The van der Waals surface area contributed by atoms with Gasteiger partial charge in [0.2, 0.25) is 0 Å². The Balaban J connectivity index is 2.55. The summed E-state index contributed by atoms with van der Waals surface area (Å²) in [6.45, 7) is 6.27. The second-order valence-corrected chi connectivity index (χ2v) is 5.14. The van der Waals surface area contributed by atoms with Crippen molar-refractivity contribution in [3.05, 3.63) is 42.0 Å². The zero-order chi connectivity index (χ0) is 15.7. The normalized spacial score (nSPS) is 10.9. The lowest BCUT2D eigenvalue weighted by Crippen LogP contribution is -2.10. The average molecular weight is 290 g/mol. The standard InChI is InChI=1S/C17H22O4/c1-4-7-14-8-5-6-9-15(14)21-17(19)11-10-16(18)20-12-13(2)3/h5-6,8-11,13H,4,7,12H2,1-3H3/b11-10+. The number of benzene rings is 1. The van der Waals surface area contributed by atoms with E-state index in [2.05, 4.69) is 6.92 Å². The molecule has 0 aliphatic heterocycles. The molecular weight excluding hydrogens is 268 g/mol. The summed E-state index contributed by atoms with van der Waals surface area (Å²) >= 11 is 0. The van der Waals surface area contributed by atoms with Crippen LogP contribution in [0.25, 0.3) is 0 Å². The van der Waals surface area contributed by atoms with Crippen LogP contribution in [-0.2, 0) is 20.7 Å². The largest absolute Gasteiger partial charge is 0.462 e. The number of hydrogen-bond acceptors (Lipinski definition) is 4. The highest BCUT2D eigenvalue weighted by Crippen LogP contribution is 2.19. The van der Waals surface area contributed by atoms with Gasteiger partial charge in [0.05, 0.1) is 6.61 Å². The van der Waals surface area contributed by atoms with E-state index in [0.717, 1.165) is 30.6 Å². The molecule has 1 rings (SSSR count). The molecule has 21 heavy (non-hydrogen) atoms. The number of para-hydroxylation sites is 1. The summed E-state index contributed by atoms with van der Waals surface area (Å²) in [6, 6.07) is 7.38. The molecule has 0 aliphatic rings. The minimum atomic E-state index is -0.583. The minimum absolute atomic E-state index is 0.259. The molecule has 0 heterocycles. The summed E-state index contributed by atoms with van der Waals surface area (Å²) in [5.74, 6) is -0.331. The van der Waals surface area contributed by atoms with E-state index in [4.69, 9.17) is 9.47 Å². The first kappa shape index (κ1) is 17.0. The molecule has 0 unspecified atom stereocenters. The van der Waals surface area contributed by atoms with Gasteiger partial charge in [-0.25, -0.2) is 9.59 Å². The highest BCUT2D eigenvalue weighted by molar-refractivity contribution is 5.92. The quantitative estimate of drug-likeness (QED) is 0.439. The topological polar surface area (TPSA) is 52.6 Å². The monoisotopic (exact) mass is 290 g/mol. The van der Waals surface area contributed by atoms with Crippen LogP contribution in [0.2, 0.25) is 0 Å². The Morgan fingerprint density at radius 3 is 2.48 bits per heavy atom. The zero-order valence-electron chi connectivity index (χ0n) is 12.8. The molecule has 0 saturated heterocycles. The summed E-state index contributed by atoms with van der Waals surface area (Å²) in [6.07, 6.45) is 3.98. The summed E-state index contributed by atoms with van der Waals surface area (Å²) in [7, 11) is 0. The second kappa shape index (κ2) is 8.95. The van der Waals surface area contributed by atoms with Crippen molar-refractivity contribution < 1.29 is 19.1 Å². The van der Waals surface area contributed by atoms with E-state index in [1.54, 1.807) is 6.07 Å². The lowest BCUT2D eigenvalue weighted by atomic mass is 10.1. The summed E-state index contributed by atoms with van der Waals surface area (Å²) in [4.78, 5) is 23.1. The van der Waals surface area contributed by atoms with E-state index in [0.29, 0.717) is 12.4 Å². The van der Waals surface area contributed by atoms with Crippen LogP contribution in [0.1, 0.15) is 32.8 Å². The van der Waals surface area contributed by atoms with Crippen molar-refractivity contribution in [3.63, 3.8) is 0 Å². The lowest BCUT2D eigenvalue weighted by molar-refractivity contribution is -0.139. The second-order valence-electron chi connectivity index (χ2n) is 5.14. The summed E-state index contributed by atoms with van der Waals surface area (Å²) < 4.78 is 10.2. The van der Waals surface area contributed by atoms with Gasteiger partial charge in [0.1, 0.15) is 5.75 Å². The van der Waals surface area contributed by atoms with E-state index >= 15 is 0 Å². The Labute approximate surface area is 125 Å². The smallest absolute Gasteiger partial charge is 0.336 e. The first-order valence-electron chi connectivity index (χ1n) is 7.17. The molecule has 0 amide bonds. The number of carbonyl (C=O) groups excluding carboxylic acids is 2. The Morgan fingerprint density at radius 1 is 1.14 bits per heavy atom. The summed E-state index contributed by atoms with van der Waals surface area (Å²) in [5.41, 5.74) is 0.976. The van der Waals surface area contributed by atoms with Crippen molar-refractivity contribution in [2.75, 3.05) is 6.61 Å². The SMILES string of the molecule is CCCc1ccccc1OC(=O)/C=C/C(=O)OCC(C)C. The first-order valence-corrected chi connectivity index (χ1v) is 7.17. The van der Waals surface area contributed by atoms with Gasteiger partial charge in [0.15, 0.2) is 0 Å². The number of hydrogen-bond donors (Lipinski definition) is 0. The van der Waals surface area contributed by atoms with Crippen LogP contribution in [0.4, 0.5) is 0 Å². The van der Waals surface area contributed by atoms with Gasteiger partial charge in [0, 0.05) is 12.2 Å². The summed E-state index contributed by atoms with van der Waals surface area (Å²) in [5, 5.41) is 0. The number of rotatable bonds is 7. The van der Waals surface area contributed by atoms with E-state index in [1.165, 1.54) is 0 Å². The molecule has 0 aliphatic carbocycles. The van der Waals surface area contributed by atoms with Crippen molar-refractivity contribution in [1.29, 1.82) is 0 Å². The van der Waals surface area contributed by atoms with E-state index < -0.39 is 11.9 Å². The van der Waals surface area contributed by atoms with Crippen molar-refractivity contribution in [2.24, 2.45) is 5.92 Å².